The molecule has 1 aliphatic rings. The van der Waals surface area contributed by atoms with Crippen molar-refractivity contribution in [3.63, 3.8) is 0 Å². The molecule has 1 aromatic heterocycles. The van der Waals surface area contributed by atoms with E-state index in [0.717, 1.165) is 47.2 Å². The predicted octanol–water partition coefficient (Wildman–Crippen LogP) is 6.45. The average Bonchev–Trinajstić information content (AvgIpc) is 3.31. The van der Waals surface area contributed by atoms with Gasteiger partial charge in [-0.15, -0.1) is 11.8 Å². The SMILES string of the molecule is CCCCCN1C(=O)NC(c2ccc(C)cc2)C(c2nc(-c3ccc(SC)cc3)no2)=C1C. The Kier molecular flexibility index (Phi) is 7.18. The first-order valence-electron chi connectivity index (χ1n) is 11.4. The van der Waals surface area contributed by atoms with Gasteiger partial charge in [0.05, 0.1) is 11.6 Å². The van der Waals surface area contributed by atoms with Gasteiger partial charge in [0.1, 0.15) is 0 Å². The molecule has 2 amide bonds. The molecule has 172 valence electrons. The van der Waals surface area contributed by atoms with Crippen LogP contribution in [0.1, 0.15) is 56.2 Å². The highest BCUT2D eigenvalue weighted by atomic mass is 32.2. The number of nitrogens with one attached hydrogen (secondary N) is 1. The second-order valence-corrected chi connectivity index (χ2v) is 9.18. The molecule has 3 aromatic rings. The lowest BCUT2D eigenvalue weighted by Crippen LogP contribution is -2.46. The first kappa shape index (κ1) is 23.1. The molecule has 0 aliphatic carbocycles. The number of thioether (sulfide) groups is 1. The van der Waals surface area contributed by atoms with Gasteiger partial charge in [-0.1, -0.05) is 54.8 Å². The number of benzene rings is 2. The molecule has 1 aliphatic heterocycles. The maximum Gasteiger partial charge on any atom is 0.322 e. The zero-order chi connectivity index (χ0) is 23.4. The van der Waals surface area contributed by atoms with E-state index in [1.807, 2.05) is 56.5 Å². The Morgan fingerprint density at radius 2 is 1.79 bits per heavy atom. The third kappa shape index (κ3) is 4.98. The van der Waals surface area contributed by atoms with Crippen molar-refractivity contribution >= 4 is 23.4 Å². The fourth-order valence-electron chi connectivity index (χ4n) is 4.05. The summed E-state index contributed by atoms with van der Waals surface area (Å²) in [5.41, 5.74) is 4.74. The lowest BCUT2D eigenvalue weighted by Gasteiger charge is -2.35. The quantitative estimate of drug-likeness (QED) is 0.307. The second-order valence-electron chi connectivity index (χ2n) is 8.30. The topological polar surface area (TPSA) is 71.3 Å². The van der Waals surface area contributed by atoms with E-state index in [1.165, 1.54) is 4.90 Å². The highest BCUT2D eigenvalue weighted by Gasteiger charge is 2.35. The zero-order valence-electron chi connectivity index (χ0n) is 19.6. The summed E-state index contributed by atoms with van der Waals surface area (Å²) in [7, 11) is 0. The Hall–Kier alpha value is -3.06. The number of aryl methyl sites for hydroxylation is 1. The Morgan fingerprint density at radius 3 is 2.45 bits per heavy atom. The van der Waals surface area contributed by atoms with E-state index in [0.29, 0.717) is 18.3 Å². The van der Waals surface area contributed by atoms with Gasteiger partial charge in [-0.2, -0.15) is 4.98 Å². The van der Waals surface area contributed by atoms with Crippen molar-refractivity contribution in [3.05, 3.63) is 71.2 Å². The van der Waals surface area contributed by atoms with Crippen molar-refractivity contribution < 1.29 is 9.32 Å². The van der Waals surface area contributed by atoms with Crippen LogP contribution in [0.4, 0.5) is 4.79 Å². The number of hydrogen-bond acceptors (Lipinski definition) is 5. The molecular weight excluding hydrogens is 432 g/mol. The molecule has 0 spiro atoms. The first-order chi connectivity index (χ1) is 16.0. The minimum absolute atomic E-state index is 0.0923. The maximum atomic E-state index is 13.0. The Labute approximate surface area is 199 Å². The van der Waals surface area contributed by atoms with Gasteiger partial charge in [0.25, 0.3) is 5.89 Å². The molecule has 0 fully saturated rings. The van der Waals surface area contributed by atoms with Gasteiger partial charge < -0.3 is 9.84 Å². The van der Waals surface area contributed by atoms with E-state index in [1.54, 1.807) is 16.7 Å². The molecule has 1 atom stereocenters. The Bertz CT molecular complexity index is 1140. The van der Waals surface area contributed by atoms with E-state index in [-0.39, 0.29) is 12.1 Å². The van der Waals surface area contributed by atoms with Gasteiger partial charge in [-0.05, 0) is 56.4 Å². The molecule has 33 heavy (non-hydrogen) atoms. The van der Waals surface area contributed by atoms with Gasteiger partial charge in [-0.3, -0.25) is 4.90 Å². The smallest absolute Gasteiger partial charge is 0.322 e. The van der Waals surface area contributed by atoms with Gasteiger partial charge >= 0.3 is 6.03 Å². The number of carbonyl (C=O) groups excluding carboxylic acids is 1. The van der Waals surface area contributed by atoms with Crippen LogP contribution in [0.5, 0.6) is 0 Å². The summed E-state index contributed by atoms with van der Waals surface area (Å²) in [6.45, 7) is 6.84. The number of hydrogen-bond donors (Lipinski definition) is 1. The van der Waals surface area contributed by atoms with Crippen LogP contribution in [0.2, 0.25) is 0 Å². The molecule has 4 rings (SSSR count). The highest BCUT2D eigenvalue weighted by molar-refractivity contribution is 7.98. The summed E-state index contributed by atoms with van der Waals surface area (Å²) in [5, 5.41) is 7.43. The van der Waals surface area contributed by atoms with Crippen LogP contribution in [0.3, 0.4) is 0 Å². The van der Waals surface area contributed by atoms with Crippen LogP contribution in [0.25, 0.3) is 17.0 Å². The summed E-state index contributed by atoms with van der Waals surface area (Å²) in [6.07, 6.45) is 5.16. The van der Waals surface area contributed by atoms with E-state index in [2.05, 4.69) is 29.5 Å². The van der Waals surface area contributed by atoms with E-state index in [9.17, 15) is 4.79 Å². The zero-order valence-corrected chi connectivity index (χ0v) is 20.4. The number of allylic oxidation sites excluding steroid dienone is 1. The van der Waals surface area contributed by atoms with E-state index >= 15 is 0 Å². The molecule has 0 bridgehead atoms. The predicted molar refractivity (Wildman–Crippen MR) is 133 cm³/mol. The number of rotatable bonds is 8. The molecule has 2 aromatic carbocycles. The number of nitrogens with zero attached hydrogens (tertiary/aromatic N) is 3. The summed E-state index contributed by atoms with van der Waals surface area (Å²) in [6, 6.07) is 15.8. The number of unbranched alkanes of at least 4 members (excludes halogenated alkanes) is 2. The molecule has 2 heterocycles. The molecule has 0 radical (unpaired) electrons. The van der Waals surface area contributed by atoms with Crippen LogP contribution < -0.4 is 5.32 Å². The van der Waals surface area contributed by atoms with Crippen LogP contribution in [0, 0.1) is 6.92 Å². The third-order valence-corrected chi connectivity index (χ3v) is 6.74. The van der Waals surface area contributed by atoms with Crippen molar-refractivity contribution in [2.75, 3.05) is 12.8 Å². The summed E-state index contributed by atoms with van der Waals surface area (Å²) >= 11 is 1.69. The van der Waals surface area contributed by atoms with Gasteiger partial charge in [0.2, 0.25) is 5.82 Å². The fraction of sp³-hybridized carbons (Fsp3) is 0.346. The molecule has 1 unspecified atom stereocenters. The van der Waals surface area contributed by atoms with Crippen LogP contribution >= 0.6 is 11.8 Å². The minimum atomic E-state index is -0.354. The fourth-order valence-corrected chi connectivity index (χ4v) is 4.45. The summed E-state index contributed by atoms with van der Waals surface area (Å²) < 4.78 is 5.77. The van der Waals surface area contributed by atoms with Gasteiger partial charge in [0, 0.05) is 22.7 Å². The third-order valence-electron chi connectivity index (χ3n) is 6.00. The van der Waals surface area contributed by atoms with Crippen molar-refractivity contribution in [2.24, 2.45) is 0 Å². The van der Waals surface area contributed by atoms with Crippen molar-refractivity contribution in [2.45, 2.75) is 51.0 Å². The van der Waals surface area contributed by atoms with Gasteiger partial charge in [0.15, 0.2) is 0 Å². The molecule has 0 saturated carbocycles. The van der Waals surface area contributed by atoms with E-state index in [4.69, 9.17) is 9.51 Å². The monoisotopic (exact) mass is 462 g/mol. The maximum absolute atomic E-state index is 13.0. The molecule has 0 saturated heterocycles. The van der Waals surface area contributed by atoms with Crippen LogP contribution in [-0.2, 0) is 0 Å². The molecule has 6 nitrogen and oxygen atoms in total. The second kappa shape index (κ2) is 10.3. The Balaban J connectivity index is 1.74. The normalized spacial score (nSPS) is 16.3. The summed E-state index contributed by atoms with van der Waals surface area (Å²) in [4.78, 5) is 20.7. The lowest BCUT2D eigenvalue weighted by molar-refractivity contribution is 0.204. The van der Waals surface area contributed by atoms with Crippen molar-refractivity contribution in [1.29, 1.82) is 0 Å². The van der Waals surface area contributed by atoms with Gasteiger partial charge in [-0.25, -0.2) is 4.79 Å². The van der Waals surface area contributed by atoms with Crippen LogP contribution in [0.15, 0.2) is 63.6 Å². The first-order valence-corrected chi connectivity index (χ1v) is 12.6. The van der Waals surface area contributed by atoms with E-state index < -0.39 is 0 Å². The van der Waals surface area contributed by atoms with Crippen molar-refractivity contribution in [3.8, 4) is 11.4 Å². The number of aromatic nitrogens is 2. The molecular formula is C26H30N4O2S. The van der Waals surface area contributed by atoms with Crippen LogP contribution in [-0.4, -0.2) is 33.9 Å². The molecule has 7 heteroatoms. The standard InChI is InChI=1S/C26H30N4O2S/c1-5-6-7-16-30-18(3)22(23(27-26(30)31)19-10-8-17(2)9-11-19)25-28-24(29-32-25)20-12-14-21(33-4)15-13-20/h8-15,23H,5-7,16H2,1-4H3,(H,27,31). The minimum Gasteiger partial charge on any atom is -0.334 e. The number of amides is 2. The summed E-state index contributed by atoms with van der Waals surface area (Å²) in [5.74, 6) is 0.970. The Morgan fingerprint density at radius 1 is 1.06 bits per heavy atom. The lowest BCUT2D eigenvalue weighted by atomic mass is 9.94. The number of carbonyl (C=O) groups is 1. The largest absolute Gasteiger partial charge is 0.334 e. The number of urea groups is 1. The van der Waals surface area contributed by atoms with Crippen molar-refractivity contribution in [1.82, 2.24) is 20.4 Å². The highest BCUT2D eigenvalue weighted by Crippen LogP contribution is 2.37. The average molecular weight is 463 g/mol. The molecule has 1 N–H and O–H groups in total.